The van der Waals surface area contributed by atoms with Crippen molar-refractivity contribution < 1.29 is 0 Å². The van der Waals surface area contributed by atoms with Gasteiger partial charge in [0.05, 0.1) is 0 Å². The first-order chi connectivity index (χ1) is 5.29. The fourth-order valence-corrected chi connectivity index (χ4v) is 2.23. The number of likely N-dealkylation sites (tertiary alicyclic amines) is 1. The van der Waals surface area contributed by atoms with Crippen molar-refractivity contribution in [3.8, 4) is 0 Å². The van der Waals surface area contributed by atoms with Gasteiger partial charge >= 0.3 is 0 Å². The molecular formula is C9H16N2. The highest BCUT2D eigenvalue weighted by Gasteiger charge is 2.36. The van der Waals surface area contributed by atoms with E-state index in [2.05, 4.69) is 36.5 Å². The minimum Gasteiger partial charge on any atom is -0.387 e. The lowest BCUT2D eigenvalue weighted by Crippen LogP contribution is -2.35. The summed E-state index contributed by atoms with van der Waals surface area (Å²) in [5.41, 5.74) is 0. The van der Waals surface area contributed by atoms with Gasteiger partial charge in [-0.1, -0.05) is 6.08 Å². The normalized spacial score (nSPS) is 43.6. The Bertz CT molecular complexity index is 176. The number of rotatable bonds is 0. The van der Waals surface area contributed by atoms with Gasteiger partial charge in [0.25, 0.3) is 0 Å². The van der Waals surface area contributed by atoms with Crippen LogP contribution in [0.2, 0.25) is 0 Å². The highest BCUT2D eigenvalue weighted by Crippen LogP contribution is 2.28. The maximum atomic E-state index is 3.42. The predicted octanol–water partition coefficient (Wildman–Crippen LogP) is 0.812. The SMILES string of the molecule is C[C@@H]1C2CC=CNC2CN1C. The summed E-state index contributed by atoms with van der Waals surface area (Å²) in [6.45, 7) is 3.53. The van der Waals surface area contributed by atoms with Crippen molar-refractivity contribution in [2.45, 2.75) is 25.4 Å². The Balaban J connectivity index is 2.12. The molecule has 62 valence electrons. The molecule has 11 heavy (non-hydrogen) atoms. The van der Waals surface area contributed by atoms with Crippen LogP contribution in [-0.2, 0) is 0 Å². The molecule has 2 heteroatoms. The quantitative estimate of drug-likeness (QED) is 0.552. The van der Waals surface area contributed by atoms with Gasteiger partial charge in [0.2, 0.25) is 0 Å². The molecule has 0 amide bonds. The zero-order valence-corrected chi connectivity index (χ0v) is 7.25. The van der Waals surface area contributed by atoms with Crippen LogP contribution in [0.3, 0.4) is 0 Å². The molecule has 0 spiro atoms. The van der Waals surface area contributed by atoms with Crippen LogP contribution in [0.25, 0.3) is 0 Å². The maximum Gasteiger partial charge on any atom is 0.0428 e. The van der Waals surface area contributed by atoms with Crippen molar-refractivity contribution in [2.75, 3.05) is 13.6 Å². The number of likely N-dealkylation sites (N-methyl/N-ethyl adjacent to an activating group) is 1. The van der Waals surface area contributed by atoms with Crippen molar-refractivity contribution in [1.82, 2.24) is 10.2 Å². The lowest BCUT2D eigenvalue weighted by atomic mass is 9.92. The first-order valence-corrected chi connectivity index (χ1v) is 4.40. The average Bonchev–Trinajstić information content (AvgIpc) is 2.30. The molecular weight excluding hydrogens is 136 g/mol. The van der Waals surface area contributed by atoms with Gasteiger partial charge in [-0.15, -0.1) is 0 Å². The number of hydrogen-bond donors (Lipinski definition) is 1. The average molecular weight is 152 g/mol. The van der Waals surface area contributed by atoms with Crippen LogP contribution in [0.15, 0.2) is 12.3 Å². The summed E-state index contributed by atoms with van der Waals surface area (Å²) >= 11 is 0. The lowest BCUT2D eigenvalue weighted by Gasteiger charge is -2.24. The largest absolute Gasteiger partial charge is 0.387 e. The number of hydrogen-bond acceptors (Lipinski definition) is 2. The Morgan fingerprint density at radius 2 is 2.36 bits per heavy atom. The van der Waals surface area contributed by atoms with E-state index in [0.717, 1.165) is 12.0 Å². The number of nitrogens with one attached hydrogen (secondary N) is 1. The van der Waals surface area contributed by atoms with Crippen molar-refractivity contribution in [2.24, 2.45) is 5.92 Å². The Morgan fingerprint density at radius 1 is 1.55 bits per heavy atom. The maximum absolute atomic E-state index is 3.42. The smallest absolute Gasteiger partial charge is 0.0428 e. The van der Waals surface area contributed by atoms with Crippen LogP contribution in [0.5, 0.6) is 0 Å². The zero-order chi connectivity index (χ0) is 7.84. The Kier molecular flexibility index (Phi) is 1.64. The van der Waals surface area contributed by atoms with E-state index in [9.17, 15) is 0 Å². The van der Waals surface area contributed by atoms with Gasteiger partial charge in [-0.3, -0.25) is 0 Å². The van der Waals surface area contributed by atoms with E-state index in [1.54, 1.807) is 0 Å². The van der Waals surface area contributed by atoms with E-state index in [1.165, 1.54) is 13.0 Å². The van der Waals surface area contributed by atoms with Crippen molar-refractivity contribution in [3.05, 3.63) is 12.3 Å². The van der Waals surface area contributed by atoms with Crippen LogP contribution in [0.4, 0.5) is 0 Å². The second kappa shape index (κ2) is 2.52. The van der Waals surface area contributed by atoms with Gasteiger partial charge in [-0.25, -0.2) is 0 Å². The number of allylic oxidation sites excluding steroid dienone is 1. The van der Waals surface area contributed by atoms with Crippen LogP contribution >= 0.6 is 0 Å². The molecule has 2 rings (SSSR count). The van der Waals surface area contributed by atoms with Crippen LogP contribution in [-0.4, -0.2) is 30.6 Å². The zero-order valence-electron chi connectivity index (χ0n) is 7.25. The molecule has 0 aliphatic carbocycles. The summed E-state index contributed by atoms with van der Waals surface area (Å²) < 4.78 is 0. The molecule has 0 radical (unpaired) electrons. The third-order valence-electron chi connectivity index (χ3n) is 3.15. The summed E-state index contributed by atoms with van der Waals surface area (Å²) in [5, 5.41) is 3.42. The second-order valence-electron chi connectivity index (χ2n) is 3.76. The molecule has 1 N–H and O–H groups in total. The molecule has 0 aromatic rings. The summed E-state index contributed by atoms with van der Waals surface area (Å²) in [6, 6.07) is 1.46. The molecule has 3 atom stereocenters. The molecule has 2 unspecified atom stereocenters. The molecule has 1 saturated heterocycles. The summed E-state index contributed by atoms with van der Waals surface area (Å²) in [4.78, 5) is 2.44. The first-order valence-electron chi connectivity index (χ1n) is 4.40. The molecule has 2 aliphatic heterocycles. The lowest BCUT2D eigenvalue weighted by molar-refractivity contribution is 0.291. The molecule has 2 heterocycles. The number of fused-ring (bicyclic) bond motifs is 1. The van der Waals surface area contributed by atoms with E-state index in [0.29, 0.717) is 6.04 Å². The number of nitrogens with zero attached hydrogens (tertiary/aromatic N) is 1. The van der Waals surface area contributed by atoms with Crippen molar-refractivity contribution in [3.63, 3.8) is 0 Å². The van der Waals surface area contributed by atoms with Gasteiger partial charge in [0.1, 0.15) is 0 Å². The fraction of sp³-hybridized carbons (Fsp3) is 0.778. The van der Waals surface area contributed by atoms with Gasteiger partial charge in [0.15, 0.2) is 0 Å². The monoisotopic (exact) mass is 152 g/mol. The van der Waals surface area contributed by atoms with E-state index >= 15 is 0 Å². The Labute approximate surface area is 68.3 Å². The molecule has 1 fully saturated rings. The topological polar surface area (TPSA) is 15.3 Å². The van der Waals surface area contributed by atoms with Crippen molar-refractivity contribution >= 4 is 0 Å². The first kappa shape index (κ1) is 7.17. The minimum atomic E-state index is 0.708. The molecule has 0 saturated carbocycles. The molecule has 0 aromatic carbocycles. The third-order valence-corrected chi connectivity index (χ3v) is 3.15. The van der Waals surface area contributed by atoms with Gasteiger partial charge in [-0.05, 0) is 32.5 Å². The fourth-order valence-electron chi connectivity index (χ4n) is 2.23. The van der Waals surface area contributed by atoms with E-state index in [4.69, 9.17) is 0 Å². The highest BCUT2D eigenvalue weighted by atomic mass is 15.2. The highest BCUT2D eigenvalue weighted by molar-refractivity contribution is 5.03. The molecule has 2 nitrogen and oxygen atoms in total. The van der Waals surface area contributed by atoms with Crippen LogP contribution in [0.1, 0.15) is 13.3 Å². The summed E-state index contributed by atoms with van der Waals surface area (Å²) in [6.07, 6.45) is 5.60. The summed E-state index contributed by atoms with van der Waals surface area (Å²) in [5.74, 6) is 0.838. The third kappa shape index (κ3) is 1.06. The van der Waals surface area contributed by atoms with Gasteiger partial charge in [0, 0.05) is 18.6 Å². The molecule has 0 bridgehead atoms. The van der Waals surface area contributed by atoms with E-state index < -0.39 is 0 Å². The van der Waals surface area contributed by atoms with Crippen LogP contribution in [0, 0.1) is 5.92 Å². The van der Waals surface area contributed by atoms with Crippen molar-refractivity contribution in [1.29, 1.82) is 0 Å². The Hall–Kier alpha value is -0.500. The van der Waals surface area contributed by atoms with E-state index in [1.807, 2.05) is 0 Å². The second-order valence-corrected chi connectivity index (χ2v) is 3.76. The molecule has 2 aliphatic rings. The standard InChI is InChI=1S/C9H16N2/c1-7-8-4-3-5-10-9(8)6-11(7)2/h3,5,7-10H,4,6H2,1-2H3/t7-,8?,9?/m1/s1. The molecule has 0 aromatic heterocycles. The van der Waals surface area contributed by atoms with Gasteiger partial charge < -0.3 is 10.2 Å². The van der Waals surface area contributed by atoms with E-state index in [-0.39, 0.29) is 0 Å². The Morgan fingerprint density at radius 3 is 3.09 bits per heavy atom. The minimum absolute atomic E-state index is 0.708. The predicted molar refractivity (Wildman–Crippen MR) is 46.3 cm³/mol. The summed E-state index contributed by atoms with van der Waals surface area (Å²) in [7, 11) is 2.21. The van der Waals surface area contributed by atoms with Crippen LogP contribution < -0.4 is 5.32 Å². The van der Waals surface area contributed by atoms with Gasteiger partial charge in [-0.2, -0.15) is 0 Å².